The Morgan fingerprint density at radius 3 is 2.62 bits per heavy atom. The van der Waals surface area contributed by atoms with E-state index in [0.29, 0.717) is 18.4 Å². The number of aryl methyl sites for hydroxylation is 1. The number of carbonyl (C=O) groups excluding carboxylic acids is 2. The standard InChI is InChI=1S/C28H30O9/c1-17(29)35-25-24(31)22-9-6-14-28(33,37-22)26(25)36-27(32)20(12-10-18-7-4-3-5-8-18)15-19-11-13-21(30)23(16-19)34-2/h3-8,11,13-16,22,24-26,30-31,33H,9-10,12H2,1-2H3. The summed E-state index contributed by atoms with van der Waals surface area (Å²) in [6.07, 6.45) is 0.652. The summed E-state index contributed by atoms with van der Waals surface area (Å²) < 4.78 is 21.8. The number of rotatable bonds is 8. The van der Waals surface area contributed by atoms with Gasteiger partial charge in [0, 0.05) is 12.5 Å². The van der Waals surface area contributed by atoms with Crippen molar-refractivity contribution in [2.24, 2.45) is 0 Å². The first-order chi connectivity index (χ1) is 17.7. The molecule has 1 saturated heterocycles. The smallest absolute Gasteiger partial charge is 0.334 e. The highest BCUT2D eigenvalue weighted by molar-refractivity contribution is 5.94. The molecule has 0 saturated carbocycles. The van der Waals surface area contributed by atoms with Crippen LogP contribution < -0.4 is 4.74 Å². The van der Waals surface area contributed by atoms with Gasteiger partial charge in [-0.05, 0) is 54.7 Å². The van der Waals surface area contributed by atoms with Crippen molar-refractivity contribution in [3.05, 3.63) is 77.4 Å². The SMILES string of the molecule is COc1cc(C=C(CCc2ccccc2)C(=O)OC2C(OC(C)=O)C(O)C3CC=CC2(O)O3)ccc1O. The van der Waals surface area contributed by atoms with E-state index in [1.54, 1.807) is 24.3 Å². The van der Waals surface area contributed by atoms with E-state index in [2.05, 4.69) is 0 Å². The third kappa shape index (κ3) is 6.02. The van der Waals surface area contributed by atoms with Gasteiger partial charge in [0.25, 0.3) is 0 Å². The van der Waals surface area contributed by atoms with Crippen LogP contribution in [0.1, 0.15) is 30.9 Å². The molecule has 0 spiro atoms. The van der Waals surface area contributed by atoms with Crippen molar-refractivity contribution in [2.75, 3.05) is 7.11 Å². The molecule has 4 rings (SSSR count). The molecule has 9 nitrogen and oxygen atoms in total. The molecular weight excluding hydrogens is 480 g/mol. The minimum absolute atomic E-state index is 0.0495. The highest BCUT2D eigenvalue weighted by Crippen LogP contribution is 2.38. The molecule has 196 valence electrons. The predicted molar refractivity (Wildman–Crippen MR) is 132 cm³/mol. The third-order valence-corrected chi connectivity index (χ3v) is 6.36. The van der Waals surface area contributed by atoms with Crippen molar-refractivity contribution in [3.63, 3.8) is 0 Å². The van der Waals surface area contributed by atoms with Gasteiger partial charge in [-0.2, -0.15) is 0 Å². The molecule has 0 amide bonds. The zero-order chi connectivity index (χ0) is 26.6. The minimum Gasteiger partial charge on any atom is -0.504 e. The number of hydrogen-bond donors (Lipinski definition) is 3. The molecule has 2 heterocycles. The Bertz CT molecular complexity index is 1190. The summed E-state index contributed by atoms with van der Waals surface area (Å²) in [4.78, 5) is 25.3. The molecule has 0 aliphatic carbocycles. The molecule has 0 radical (unpaired) electrons. The Balaban J connectivity index is 1.66. The largest absolute Gasteiger partial charge is 0.504 e. The van der Waals surface area contributed by atoms with Gasteiger partial charge in [-0.15, -0.1) is 0 Å². The summed E-state index contributed by atoms with van der Waals surface area (Å²) in [5.41, 5.74) is 1.82. The fraction of sp³-hybridized carbons (Fsp3) is 0.357. The van der Waals surface area contributed by atoms with Crippen LogP contribution in [0.25, 0.3) is 6.08 Å². The van der Waals surface area contributed by atoms with E-state index in [9.17, 15) is 24.9 Å². The summed E-state index contributed by atoms with van der Waals surface area (Å²) >= 11 is 0. The van der Waals surface area contributed by atoms with Gasteiger partial charge in [-0.3, -0.25) is 4.79 Å². The van der Waals surface area contributed by atoms with Crippen LogP contribution in [0, 0.1) is 0 Å². The van der Waals surface area contributed by atoms with Gasteiger partial charge in [0.2, 0.25) is 5.79 Å². The summed E-state index contributed by atoms with van der Waals surface area (Å²) in [5, 5.41) is 31.8. The first kappa shape index (κ1) is 26.4. The number of hydrogen-bond acceptors (Lipinski definition) is 9. The predicted octanol–water partition coefficient (Wildman–Crippen LogP) is 2.67. The third-order valence-electron chi connectivity index (χ3n) is 6.36. The Labute approximate surface area is 214 Å². The fourth-order valence-electron chi connectivity index (χ4n) is 4.51. The molecule has 5 atom stereocenters. The lowest BCUT2D eigenvalue weighted by molar-refractivity contribution is -0.329. The second-order valence-electron chi connectivity index (χ2n) is 9.02. The van der Waals surface area contributed by atoms with E-state index in [1.165, 1.54) is 26.2 Å². The molecule has 2 aliphatic heterocycles. The second-order valence-corrected chi connectivity index (χ2v) is 9.02. The number of carbonyl (C=O) groups is 2. The topological polar surface area (TPSA) is 132 Å². The van der Waals surface area contributed by atoms with Gasteiger partial charge >= 0.3 is 11.9 Å². The molecule has 2 aromatic rings. The number of phenols is 1. The van der Waals surface area contributed by atoms with Crippen LogP contribution in [0.2, 0.25) is 0 Å². The minimum atomic E-state index is -2.08. The highest BCUT2D eigenvalue weighted by atomic mass is 16.7. The maximum atomic E-state index is 13.5. The number of aromatic hydroxyl groups is 1. The van der Waals surface area contributed by atoms with Crippen LogP contribution in [-0.4, -0.2) is 64.6 Å². The van der Waals surface area contributed by atoms with Crippen LogP contribution >= 0.6 is 0 Å². The van der Waals surface area contributed by atoms with Crippen LogP contribution in [0.4, 0.5) is 0 Å². The Morgan fingerprint density at radius 2 is 1.92 bits per heavy atom. The maximum absolute atomic E-state index is 13.5. The summed E-state index contributed by atoms with van der Waals surface area (Å²) in [5.74, 6) is -3.38. The molecule has 2 aliphatic rings. The van der Waals surface area contributed by atoms with E-state index in [0.717, 1.165) is 5.56 Å². The Kier molecular flexibility index (Phi) is 7.97. The van der Waals surface area contributed by atoms with Crippen molar-refractivity contribution in [1.29, 1.82) is 0 Å². The number of fused-ring (bicyclic) bond motifs is 2. The van der Waals surface area contributed by atoms with E-state index in [4.69, 9.17) is 18.9 Å². The quantitative estimate of drug-likeness (QED) is 0.279. The number of benzene rings is 2. The normalized spacial score (nSPS) is 26.9. The first-order valence-electron chi connectivity index (χ1n) is 12.0. The highest BCUT2D eigenvalue weighted by Gasteiger charge is 2.57. The van der Waals surface area contributed by atoms with E-state index in [1.807, 2.05) is 30.3 Å². The molecule has 2 bridgehead atoms. The maximum Gasteiger partial charge on any atom is 0.334 e. The van der Waals surface area contributed by atoms with Crippen molar-refractivity contribution >= 4 is 18.0 Å². The van der Waals surface area contributed by atoms with Crippen molar-refractivity contribution in [2.45, 2.75) is 56.4 Å². The fourth-order valence-corrected chi connectivity index (χ4v) is 4.51. The monoisotopic (exact) mass is 510 g/mol. The molecule has 5 unspecified atom stereocenters. The lowest BCUT2D eigenvalue weighted by Gasteiger charge is -2.48. The van der Waals surface area contributed by atoms with Crippen molar-refractivity contribution in [1.82, 2.24) is 0 Å². The number of aliphatic hydroxyl groups is 2. The zero-order valence-corrected chi connectivity index (χ0v) is 20.6. The van der Waals surface area contributed by atoms with Gasteiger partial charge in [-0.25, -0.2) is 4.79 Å². The van der Waals surface area contributed by atoms with Crippen LogP contribution in [-0.2, 0) is 30.2 Å². The lowest BCUT2D eigenvalue weighted by Crippen LogP contribution is -2.66. The number of methoxy groups -OCH3 is 1. The van der Waals surface area contributed by atoms with E-state index < -0.39 is 42.1 Å². The molecule has 37 heavy (non-hydrogen) atoms. The van der Waals surface area contributed by atoms with Gasteiger partial charge < -0.3 is 34.3 Å². The molecule has 0 aromatic heterocycles. The number of phenolic OH excluding ortho intramolecular Hbond substituents is 1. The van der Waals surface area contributed by atoms with Gasteiger partial charge in [0.1, 0.15) is 6.10 Å². The molecule has 1 fully saturated rings. The van der Waals surface area contributed by atoms with E-state index >= 15 is 0 Å². The Hall–Kier alpha value is -3.66. The summed E-state index contributed by atoms with van der Waals surface area (Å²) in [6, 6.07) is 14.2. The number of esters is 2. The first-order valence-corrected chi connectivity index (χ1v) is 12.0. The van der Waals surface area contributed by atoms with Crippen molar-refractivity contribution in [3.8, 4) is 11.5 Å². The Morgan fingerprint density at radius 1 is 1.16 bits per heavy atom. The lowest BCUT2D eigenvalue weighted by atomic mass is 9.87. The molecule has 3 N–H and O–H groups in total. The molecule has 2 aromatic carbocycles. The van der Waals surface area contributed by atoms with Crippen LogP contribution in [0.5, 0.6) is 11.5 Å². The number of aliphatic hydroxyl groups excluding tert-OH is 1. The van der Waals surface area contributed by atoms with Gasteiger partial charge in [0.15, 0.2) is 23.7 Å². The van der Waals surface area contributed by atoms with Crippen LogP contribution in [0.15, 0.2) is 66.3 Å². The average molecular weight is 511 g/mol. The summed E-state index contributed by atoms with van der Waals surface area (Å²) in [6.45, 7) is 1.17. The van der Waals surface area contributed by atoms with Gasteiger partial charge in [0.05, 0.1) is 13.2 Å². The second kappa shape index (κ2) is 11.2. The molecule has 9 heteroatoms. The average Bonchev–Trinajstić information content (AvgIpc) is 2.88. The van der Waals surface area contributed by atoms with Crippen LogP contribution in [0.3, 0.4) is 0 Å². The molecular formula is C28H30O9. The van der Waals surface area contributed by atoms with Crippen molar-refractivity contribution < 1.29 is 43.9 Å². The summed E-state index contributed by atoms with van der Waals surface area (Å²) in [7, 11) is 1.42. The van der Waals surface area contributed by atoms with Gasteiger partial charge in [-0.1, -0.05) is 42.5 Å². The number of ether oxygens (including phenoxy) is 4. The van der Waals surface area contributed by atoms with E-state index in [-0.39, 0.29) is 23.5 Å². The zero-order valence-electron chi connectivity index (χ0n) is 20.6.